The molecule has 2 aromatic rings. The molecule has 0 bridgehead atoms. The van der Waals surface area contributed by atoms with E-state index in [4.69, 9.17) is 19.6 Å². The molecule has 14 heteroatoms. The zero-order chi connectivity index (χ0) is 30.6. The Morgan fingerprint density at radius 3 is 2.22 bits per heavy atom. The number of esters is 3. The van der Waals surface area contributed by atoms with Crippen LogP contribution >= 0.6 is 0 Å². The number of carbonyl (C=O) groups excluding carboxylic acids is 4. The number of benzene rings is 2. The van der Waals surface area contributed by atoms with E-state index in [2.05, 4.69) is 15.4 Å². The van der Waals surface area contributed by atoms with Crippen molar-refractivity contribution >= 4 is 40.0 Å². The number of guanidine groups is 1. The molecule has 0 spiro atoms. The molecule has 4 N–H and O–H groups in total. The van der Waals surface area contributed by atoms with Gasteiger partial charge in [0.1, 0.15) is 18.2 Å². The number of nitrogens with one attached hydrogen (secondary N) is 4. The molecule has 0 saturated heterocycles. The Labute approximate surface area is 238 Å². The standard InChI is InChI=1S/C27H34N4O9S/c1-18-10-12-20(13-11-18)41(36,37)31-25(28)29-16-17-38-22(32)15-14-21(30-26(35)40-27(2,3)4)24(34)39-23(33)19-8-6-5-7-9-19/h5-13,21H,14-17H2,1-4H3,(H,30,35)(H3,28,29,31). The van der Waals surface area contributed by atoms with Crippen LogP contribution < -0.4 is 15.4 Å². The summed E-state index contributed by atoms with van der Waals surface area (Å²) < 4.78 is 41.8. The predicted molar refractivity (Wildman–Crippen MR) is 147 cm³/mol. The maximum atomic E-state index is 12.7. The fraction of sp³-hybridized carbons (Fsp3) is 0.370. The second-order valence-electron chi connectivity index (χ2n) is 9.75. The van der Waals surface area contributed by atoms with Crippen molar-refractivity contribution in [3.8, 4) is 0 Å². The number of amides is 1. The molecule has 0 aliphatic heterocycles. The summed E-state index contributed by atoms with van der Waals surface area (Å²) in [6.45, 7) is 6.36. The summed E-state index contributed by atoms with van der Waals surface area (Å²) >= 11 is 0. The Bertz CT molecular complexity index is 1340. The van der Waals surface area contributed by atoms with Crippen molar-refractivity contribution in [3.63, 3.8) is 0 Å². The lowest BCUT2D eigenvalue weighted by Gasteiger charge is -2.22. The third kappa shape index (κ3) is 12.1. The highest BCUT2D eigenvalue weighted by atomic mass is 32.2. The fourth-order valence-electron chi connectivity index (χ4n) is 3.12. The van der Waals surface area contributed by atoms with Crippen LogP contribution in [-0.4, -0.2) is 63.2 Å². The second-order valence-corrected chi connectivity index (χ2v) is 11.4. The van der Waals surface area contributed by atoms with Crippen molar-refractivity contribution in [2.24, 2.45) is 0 Å². The summed E-state index contributed by atoms with van der Waals surface area (Å²) in [6.07, 6.45) is -1.55. The molecule has 222 valence electrons. The zero-order valence-electron chi connectivity index (χ0n) is 23.2. The Hall–Kier alpha value is -4.46. The van der Waals surface area contributed by atoms with Gasteiger partial charge in [-0.1, -0.05) is 35.9 Å². The minimum atomic E-state index is -3.96. The van der Waals surface area contributed by atoms with Crippen LogP contribution in [0.1, 0.15) is 49.5 Å². The topological polar surface area (TPSA) is 190 Å². The van der Waals surface area contributed by atoms with E-state index < -0.39 is 51.6 Å². The first-order valence-electron chi connectivity index (χ1n) is 12.5. The Morgan fingerprint density at radius 2 is 1.61 bits per heavy atom. The minimum Gasteiger partial charge on any atom is -0.464 e. The van der Waals surface area contributed by atoms with Crippen molar-refractivity contribution < 1.29 is 41.8 Å². The molecule has 0 aliphatic carbocycles. The Balaban J connectivity index is 1.85. The van der Waals surface area contributed by atoms with Gasteiger partial charge in [-0.15, -0.1) is 0 Å². The van der Waals surface area contributed by atoms with Crippen molar-refractivity contribution in [2.75, 3.05) is 13.2 Å². The molecule has 2 aromatic carbocycles. The van der Waals surface area contributed by atoms with Crippen molar-refractivity contribution in [2.45, 2.75) is 57.1 Å². The van der Waals surface area contributed by atoms with E-state index in [1.54, 1.807) is 51.1 Å². The Morgan fingerprint density at radius 1 is 0.976 bits per heavy atom. The van der Waals surface area contributed by atoms with Crippen LogP contribution in [0.15, 0.2) is 59.5 Å². The number of aryl methyl sites for hydroxylation is 1. The SMILES string of the molecule is Cc1ccc(S(=O)(=O)NC(=N)NCCOC(=O)CCC(NC(=O)OC(C)(C)C)C(=O)OC(=O)c2ccccc2)cc1. The smallest absolute Gasteiger partial charge is 0.408 e. The van der Waals surface area contributed by atoms with Gasteiger partial charge in [0.05, 0.1) is 17.0 Å². The van der Waals surface area contributed by atoms with Gasteiger partial charge in [0.2, 0.25) is 5.96 Å². The van der Waals surface area contributed by atoms with E-state index in [1.807, 2.05) is 6.92 Å². The van der Waals surface area contributed by atoms with Crippen molar-refractivity contribution in [1.29, 1.82) is 5.41 Å². The molecule has 0 fully saturated rings. The van der Waals surface area contributed by atoms with Crippen LogP contribution in [0, 0.1) is 12.3 Å². The lowest BCUT2D eigenvalue weighted by Crippen LogP contribution is -2.45. The summed E-state index contributed by atoms with van der Waals surface area (Å²) in [7, 11) is -3.96. The van der Waals surface area contributed by atoms with Gasteiger partial charge >= 0.3 is 24.0 Å². The number of hydrogen-bond donors (Lipinski definition) is 4. The van der Waals surface area contributed by atoms with Gasteiger partial charge in [-0.2, -0.15) is 0 Å². The van der Waals surface area contributed by atoms with Gasteiger partial charge in [-0.3, -0.25) is 10.2 Å². The molecule has 0 radical (unpaired) electrons. The lowest BCUT2D eigenvalue weighted by atomic mass is 10.1. The molecule has 1 atom stereocenters. The summed E-state index contributed by atoms with van der Waals surface area (Å²) in [5, 5.41) is 12.6. The van der Waals surface area contributed by atoms with Gasteiger partial charge in [0.25, 0.3) is 10.0 Å². The van der Waals surface area contributed by atoms with E-state index in [9.17, 15) is 27.6 Å². The number of sulfonamides is 1. The number of ether oxygens (including phenoxy) is 3. The van der Waals surface area contributed by atoms with Crippen LogP contribution in [0.25, 0.3) is 0 Å². The quantitative estimate of drug-likeness (QED) is 0.0755. The van der Waals surface area contributed by atoms with Gasteiger partial charge in [0, 0.05) is 6.42 Å². The highest BCUT2D eigenvalue weighted by Crippen LogP contribution is 2.11. The molecule has 1 amide bonds. The zero-order valence-corrected chi connectivity index (χ0v) is 24.0. The molecular weight excluding hydrogens is 556 g/mol. The van der Waals surface area contributed by atoms with Crippen LogP contribution in [-0.2, 0) is 33.8 Å². The third-order valence-electron chi connectivity index (χ3n) is 5.05. The summed E-state index contributed by atoms with van der Waals surface area (Å²) in [5.41, 5.74) is 0.130. The van der Waals surface area contributed by atoms with Gasteiger partial charge < -0.3 is 24.8 Å². The molecule has 1 unspecified atom stereocenters. The molecule has 13 nitrogen and oxygen atoms in total. The minimum absolute atomic E-state index is 0.0142. The fourth-order valence-corrected chi connectivity index (χ4v) is 4.07. The molecule has 0 aromatic heterocycles. The summed E-state index contributed by atoms with van der Waals surface area (Å²) in [6, 6.07) is 12.4. The first-order chi connectivity index (χ1) is 19.2. The first kappa shape index (κ1) is 32.8. The van der Waals surface area contributed by atoms with Crippen molar-refractivity contribution in [1.82, 2.24) is 15.4 Å². The molecule has 41 heavy (non-hydrogen) atoms. The van der Waals surface area contributed by atoms with Gasteiger partial charge in [-0.05, 0) is 58.4 Å². The van der Waals surface area contributed by atoms with Crippen LogP contribution in [0.2, 0.25) is 0 Å². The normalized spacial score (nSPS) is 11.9. The first-order valence-corrected chi connectivity index (χ1v) is 14.0. The number of alkyl carbamates (subject to hydrolysis) is 1. The highest BCUT2D eigenvalue weighted by molar-refractivity contribution is 7.90. The van der Waals surface area contributed by atoms with Crippen molar-refractivity contribution in [3.05, 3.63) is 65.7 Å². The predicted octanol–water partition coefficient (Wildman–Crippen LogP) is 2.40. The summed E-state index contributed by atoms with van der Waals surface area (Å²) in [4.78, 5) is 49.4. The number of carbonyl (C=O) groups is 4. The van der Waals surface area contributed by atoms with Crippen LogP contribution in [0.5, 0.6) is 0 Å². The van der Waals surface area contributed by atoms with Gasteiger partial charge in [0.15, 0.2) is 0 Å². The van der Waals surface area contributed by atoms with Gasteiger partial charge in [-0.25, -0.2) is 27.5 Å². The molecular formula is C27H34N4O9S. The van der Waals surface area contributed by atoms with E-state index in [0.29, 0.717) is 0 Å². The molecule has 2 rings (SSSR count). The maximum Gasteiger partial charge on any atom is 0.408 e. The third-order valence-corrected chi connectivity index (χ3v) is 6.42. The average Bonchev–Trinajstić information content (AvgIpc) is 2.88. The Kier molecular flexibility index (Phi) is 11.8. The molecule has 0 heterocycles. The number of rotatable bonds is 11. The van der Waals surface area contributed by atoms with E-state index in [1.165, 1.54) is 24.3 Å². The summed E-state index contributed by atoms with van der Waals surface area (Å²) in [5.74, 6) is -3.29. The molecule has 0 saturated carbocycles. The maximum absolute atomic E-state index is 12.7. The average molecular weight is 591 g/mol. The van der Waals surface area contributed by atoms with E-state index in [0.717, 1.165) is 5.56 Å². The molecule has 0 aliphatic rings. The van der Waals surface area contributed by atoms with Crippen LogP contribution in [0.3, 0.4) is 0 Å². The largest absolute Gasteiger partial charge is 0.464 e. The van der Waals surface area contributed by atoms with E-state index in [-0.39, 0.29) is 36.5 Å². The number of hydrogen-bond acceptors (Lipinski definition) is 10. The van der Waals surface area contributed by atoms with E-state index >= 15 is 0 Å². The lowest BCUT2D eigenvalue weighted by molar-refractivity contribution is -0.144. The highest BCUT2D eigenvalue weighted by Gasteiger charge is 2.28. The van der Waals surface area contributed by atoms with Crippen LogP contribution in [0.4, 0.5) is 4.79 Å². The second kappa shape index (κ2) is 14.8. The monoisotopic (exact) mass is 590 g/mol.